The SMILES string of the molecule is C[C@H]1CC(=O)Nc2cc(S(=O)(=O)CCC(=O)NCCc3ccccc3)ccc2S1. The molecule has 0 aromatic heterocycles. The highest BCUT2D eigenvalue weighted by atomic mass is 32.2. The summed E-state index contributed by atoms with van der Waals surface area (Å²) in [7, 11) is -3.63. The van der Waals surface area contributed by atoms with E-state index in [4.69, 9.17) is 0 Å². The van der Waals surface area contributed by atoms with Crippen LogP contribution in [0.1, 0.15) is 25.3 Å². The van der Waals surface area contributed by atoms with Gasteiger partial charge in [-0.15, -0.1) is 11.8 Å². The summed E-state index contributed by atoms with van der Waals surface area (Å²) in [5, 5.41) is 5.65. The minimum absolute atomic E-state index is 0.105. The largest absolute Gasteiger partial charge is 0.356 e. The molecule has 2 N–H and O–H groups in total. The quantitative estimate of drug-likeness (QED) is 0.702. The van der Waals surface area contributed by atoms with Crippen molar-refractivity contribution in [3.63, 3.8) is 0 Å². The Hall–Kier alpha value is -2.32. The van der Waals surface area contributed by atoms with Gasteiger partial charge in [-0.25, -0.2) is 8.42 Å². The number of nitrogens with one attached hydrogen (secondary N) is 2. The molecule has 0 bridgehead atoms. The number of sulfone groups is 1. The lowest BCUT2D eigenvalue weighted by Crippen LogP contribution is -2.27. The summed E-state index contributed by atoms with van der Waals surface area (Å²) in [6.07, 6.45) is 0.969. The standard InChI is InChI=1S/C21H24N2O4S2/c1-15-13-21(25)23-18-14-17(7-8-19(18)28-15)29(26,27)12-10-20(24)22-11-9-16-5-3-2-4-6-16/h2-8,14-15H,9-13H2,1H3,(H,22,24)(H,23,25)/t15-/m0/s1. The molecule has 0 fully saturated rings. The first-order valence-corrected chi connectivity index (χ1v) is 12.0. The molecule has 0 saturated heterocycles. The lowest BCUT2D eigenvalue weighted by Gasteiger charge is -2.11. The van der Waals surface area contributed by atoms with E-state index in [0.29, 0.717) is 25.1 Å². The number of carbonyl (C=O) groups excluding carboxylic acids is 2. The molecule has 1 aliphatic heterocycles. The van der Waals surface area contributed by atoms with E-state index in [0.717, 1.165) is 10.5 Å². The van der Waals surface area contributed by atoms with Crippen molar-refractivity contribution in [1.82, 2.24) is 5.32 Å². The number of anilines is 1. The Morgan fingerprint density at radius 1 is 1.21 bits per heavy atom. The normalized spacial score (nSPS) is 16.4. The minimum Gasteiger partial charge on any atom is -0.356 e. The van der Waals surface area contributed by atoms with Crippen LogP contribution >= 0.6 is 11.8 Å². The van der Waals surface area contributed by atoms with Crippen LogP contribution in [0.15, 0.2) is 58.3 Å². The van der Waals surface area contributed by atoms with Gasteiger partial charge in [-0.05, 0) is 30.2 Å². The Balaban J connectivity index is 1.57. The average molecular weight is 433 g/mol. The van der Waals surface area contributed by atoms with Crippen molar-refractivity contribution < 1.29 is 18.0 Å². The summed E-state index contributed by atoms with van der Waals surface area (Å²) < 4.78 is 25.3. The second kappa shape index (κ2) is 9.45. The van der Waals surface area contributed by atoms with Crippen LogP contribution in [0.4, 0.5) is 5.69 Å². The van der Waals surface area contributed by atoms with Crippen molar-refractivity contribution in [2.75, 3.05) is 17.6 Å². The van der Waals surface area contributed by atoms with Crippen LogP contribution in [0.2, 0.25) is 0 Å². The third-order valence-electron chi connectivity index (χ3n) is 4.56. The molecule has 0 unspecified atom stereocenters. The second-order valence-electron chi connectivity index (χ2n) is 6.99. The van der Waals surface area contributed by atoms with E-state index in [2.05, 4.69) is 10.6 Å². The molecule has 29 heavy (non-hydrogen) atoms. The number of hydrogen-bond donors (Lipinski definition) is 2. The van der Waals surface area contributed by atoms with E-state index >= 15 is 0 Å². The van der Waals surface area contributed by atoms with Crippen molar-refractivity contribution in [3.05, 3.63) is 54.1 Å². The van der Waals surface area contributed by atoms with Gasteiger partial charge in [-0.1, -0.05) is 37.3 Å². The first-order valence-electron chi connectivity index (χ1n) is 9.47. The monoisotopic (exact) mass is 432 g/mol. The molecule has 154 valence electrons. The number of rotatable bonds is 7. The molecule has 2 aromatic carbocycles. The summed E-state index contributed by atoms with van der Waals surface area (Å²) in [5.41, 5.74) is 1.62. The molecule has 1 aliphatic rings. The number of benzene rings is 2. The zero-order valence-electron chi connectivity index (χ0n) is 16.2. The molecule has 0 saturated carbocycles. The van der Waals surface area contributed by atoms with Crippen molar-refractivity contribution >= 4 is 39.1 Å². The van der Waals surface area contributed by atoms with Crippen molar-refractivity contribution in [2.24, 2.45) is 0 Å². The molecule has 0 radical (unpaired) electrons. The van der Waals surface area contributed by atoms with Crippen LogP contribution < -0.4 is 10.6 Å². The second-order valence-corrected chi connectivity index (χ2v) is 10.6. The molecule has 1 heterocycles. The Labute approximate surface area is 175 Å². The molecule has 2 amide bonds. The predicted molar refractivity (Wildman–Crippen MR) is 115 cm³/mol. The molecule has 2 aromatic rings. The van der Waals surface area contributed by atoms with E-state index in [-0.39, 0.29) is 34.1 Å². The van der Waals surface area contributed by atoms with Crippen LogP contribution in [-0.4, -0.2) is 37.8 Å². The maximum atomic E-state index is 12.6. The maximum absolute atomic E-state index is 12.6. The number of thioether (sulfide) groups is 1. The highest BCUT2D eigenvalue weighted by molar-refractivity contribution is 8.00. The van der Waals surface area contributed by atoms with Gasteiger partial charge >= 0.3 is 0 Å². The van der Waals surface area contributed by atoms with Crippen LogP contribution in [0.5, 0.6) is 0 Å². The van der Waals surface area contributed by atoms with Gasteiger partial charge in [0.15, 0.2) is 9.84 Å². The third-order valence-corrected chi connectivity index (χ3v) is 7.45. The van der Waals surface area contributed by atoms with Crippen LogP contribution in [-0.2, 0) is 25.8 Å². The van der Waals surface area contributed by atoms with E-state index in [1.807, 2.05) is 37.3 Å². The highest BCUT2D eigenvalue weighted by Gasteiger charge is 2.22. The molecule has 8 heteroatoms. The lowest BCUT2D eigenvalue weighted by atomic mass is 10.1. The van der Waals surface area contributed by atoms with Crippen LogP contribution in [0.3, 0.4) is 0 Å². The number of hydrogen-bond acceptors (Lipinski definition) is 5. The Kier molecular flexibility index (Phi) is 6.97. The summed E-state index contributed by atoms with van der Waals surface area (Å²) in [6, 6.07) is 14.5. The zero-order valence-corrected chi connectivity index (χ0v) is 17.8. The van der Waals surface area contributed by atoms with Gasteiger partial charge in [0, 0.05) is 29.5 Å². The van der Waals surface area contributed by atoms with E-state index < -0.39 is 9.84 Å². The summed E-state index contributed by atoms with van der Waals surface area (Å²) >= 11 is 1.54. The highest BCUT2D eigenvalue weighted by Crippen LogP contribution is 2.36. The van der Waals surface area contributed by atoms with E-state index in [1.54, 1.807) is 12.1 Å². The molecular weight excluding hydrogens is 408 g/mol. The van der Waals surface area contributed by atoms with Crippen molar-refractivity contribution in [3.8, 4) is 0 Å². The minimum atomic E-state index is -3.63. The van der Waals surface area contributed by atoms with Gasteiger partial charge in [-0.2, -0.15) is 0 Å². The number of carbonyl (C=O) groups is 2. The fourth-order valence-corrected chi connectivity index (χ4v) is 5.36. The average Bonchev–Trinajstić information content (AvgIpc) is 2.82. The van der Waals surface area contributed by atoms with Crippen LogP contribution in [0.25, 0.3) is 0 Å². The first-order chi connectivity index (χ1) is 13.8. The summed E-state index contributed by atoms with van der Waals surface area (Å²) in [6.45, 7) is 2.42. The molecular formula is C21H24N2O4S2. The predicted octanol–water partition coefficient (Wildman–Crippen LogP) is 3.03. The maximum Gasteiger partial charge on any atom is 0.225 e. The van der Waals surface area contributed by atoms with E-state index in [9.17, 15) is 18.0 Å². The van der Waals surface area contributed by atoms with Gasteiger partial charge in [0.1, 0.15) is 0 Å². The molecule has 0 spiro atoms. The number of fused-ring (bicyclic) bond motifs is 1. The molecule has 1 atom stereocenters. The zero-order chi connectivity index (χ0) is 20.9. The summed E-state index contributed by atoms with van der Waals surface area (Å²) in [4.78, 5) is 24.9. The molecule has 0 aliphatic carbocycles. The third kappa shape index (κ3) is 6.08. The van der Waals surface area contributed by atoms with Crippen LogP contribution in [0, 0.1) is 0 Å². The topological polar surface area (TPSA) is 92.3 Å². The Morgan fingerprint density at radius 2 is 1.97 bits per heavy atom. The number of amides is 2. The smallest absolute Gasteiger partial charge is 0.225 e. The first kappa shape index (κ1) is 21.4. The molecule has 3 rings (SSSR count). The van der Waals surface area contributed by atoms with E-state index in [1.165, 1.54) is 17.8 Å². The van der Waals surface area contributed by atoms with Crippen molar-refractivity contribution in [2.45, 2.75) is 41.2 Å². The van der Waals surface area contributed by atoms with Gasteiger partial charge in [0.2, 0.25) is 11.8 Å². The van der Waals surface area contributed by atoms with Gasteiger partial charge in [-0.3, -0.25) is 9.59 Å². The summed E-state index contributed by atoms with van der Waals surface area (Å²) in [5.74, 6) is -0.700. The van der Waals surface area contributed by atoms with Gasteiger partial charge in [0.25, 0.3) is 0 Å². The fourth-order valence-electron chi connectivity index (χ4n) is 3.05. The lowest BCUT2D eigenvalue weighted by molar-refractivity contribution is -0.120. The molecule has 6 nitrogen and oxygen atoms in total. The Bertz CT molecular complexity index is 991. The van der Waals surface area contributed by atoms with Gasteiger partial charge < -0.3 is 10.6 Å². The Morgan fingerprint density at radius 3 is 2.72 bits per heavy atom. The fraction of sp³-hybridized carbons (Fsp3) is 0.333. The van der Waals surface area contributed by atoms with Gasteiger partial charge in [0.05, 0.1) is 16.3 Å². The van der Waals surface area contributed by atoms with Crippen molar-refractivity contribution in [1.29, 1.82) is 0 Å².